The maximum absolute atomic E-state index is 12.5. The van der Waals surface area contributed by atoms with Crippen molar-refractivity contribution in [3.63, 3.8) is 0 Å². The van der Waals surface area contributed by atoms with Gasteiger partial charge < -0.3 is 9.26 Å². The lowest BCUT2D eigenvalue weighted by atomic mass is 10.1. The summed E-state index contributed by atoms with van der Waals surface area (Å²) < 4.78 is 46.6. The Bertz CT molecular complexity index is 771. The summed E-state index contributed by atoms with van der Waals surface area (Å²) in [6, 6.07) is 3.88. The van der Waals surface area contributed by atoms with E-state index in [4.69, 9.17) is 4.74 Å². The van der Waals surface area contributed by atoms with Gasteiger partial charge in [0, 0.05) is 12.0 Å². The summed E-state index contributed by atoms with van der Waals surface area (Å²) >= 11 is 0. The van der Waals surface area contributed by atoms with Crippen LogP contribution in [0.5, 0.6) is 5.75 Å². The third-order valence-electron chi connectivity index (χ3n) is 2.95. The van der Waals surface area contributed by atoms with Gasteiger partial charge in [0.15, 0.2) is 0 Å². The summed E-state index contributed by atoms with van der Waals surface area (Å²) in [5.41, 5.74) is 0.201. The molecule has 7 nitrogen and oxygen atoms in total. The minimum Gasteiger partial charge on any atom is -0.496 e. The third-order valence-corrected chi connectivity index (χ3v) is 2.95. The van der Waals surface area contributed by atoms with Gasteiger partial charge in [-0.1, -0.05) is 12.1 Å². The SMILES string of the molecule is CCC(=O)NC(=O)c1ccc(-c2noc(C(F)(F)F)n2)cc1OC. The van der Waals surface area contributed by atoms with E-state index in [0.29, 0.717) is 0 Å². The number of imide groups is 1. The molecule has 2 rings (SSSR count). The van der Waals surface area contributed by atoms with Crippen LogP contribution in [0.25, 0.3) is 11.4 Å². The highest BCUT2D eigenvalue weighted by Crippen LogP contribution is 2.31. The van der Waals surface area contributed by atoms with Crippen LogP contribution in [0.1, 0.15) is 29.6 Å². The molecule has 1 N–H and O–H groups in total. The van der Waals surface area contributed by atoms with Gasteiger partial charge in [0.1, 0.15) is 5.75 Å². The van der Waals surface area contributed by atoms with Gasteiger partial charge in [-0.15, -0.1) is 0 Å². The van der Waals surface area contributed by atoms with Crippen molar-refractivity contribution in [1.82, 2.24) is 15.5 Å². The lowest BCUT2D eigenvalue weighted by Crippen LogP contribution is -2.29. The second-order valence-corrected chi connectivity index (χ2v) is 4.57. The van der Waals surface area contributed by atoms with E-state index in [1.807, 2.05) is 0 Å². The van der Waals surface area contributed by atoms with Crippen molar-refractivity contribution in [2.75, 3.05) is 7.11 Å². The Hall–Kier alpha value is -2.91. The highest BCUT2D eigenvalue weighted by Gasteiger charge is 2.38. The van der Waals surface area contributed by atoms with Gasteiger partial charge in [0.05, 0.1) is 12.7 Å². The molecule has 0 saturated heterocycles. The number of nitrogens with zero attached hydrogens (tertiary/aromatic N) is 2. The topological polar surface area (TPSA) is 94.3 Å². The molecule has 0 fully saturated rings. The number of nitrogens with one attached hydrogen (secondary N) is 1. The predicted octanol–water partition coefficient (Wildman–Crippen LogP) is 2.43. The first-order chi connectivity index (χ1) is 11.3. The Kier molecular flexibility index (Phi) is 4.86. The molecule has 0 atom stereocenters. The summed E-state index contributed by atoms with van der Waals surface area (Å²) in [6.07, 6.45) is -4.63. The van der Waals surface area contributed by atoms with Gasteiger partial charge >= 0.3 is 12.1 Å². The lowest BCUT2D eigenvalue weighted by Gasteiger charge is -2.09. The number of carbonyl (C=O) groups is 2. The minimum absolute atomic E-state index is 0.0441. The molecule has 0 radical (unpaired) electrons. The van der Waals surface area contributed by atoms with Gasteiger partial charge in [-0.3, -0.25) is 14.9 Å². The molecule has 0 aliphatic carbocycles. The van der Waals surface area contributed by atoms with Gasteiger partial charge in [-0.2, -0.15) is 18.2 Å². The molecule has 10 heteroatoms. The van der Waals surface area contributed by atoms with Crippen molar-refractivity contribution >= 4 is 11.8 Å². The Morgan fingerprint density at radius 1 is 1.33 bits per heavy atom. The molecule has 0 spiro atoms. The number of benzene rings is 1. The van der Waals surface area contributed by atoms with Crippen molar-refractivity contribution in [2.45, 2.75) is 19.5 Å². The quantitative estimate of drug-likeness (QED) is 0.916. The molecule has 1 aromatic heterocycles. The van der Waals surface area contributed by atoms with Crippen LogP contribution in [0.3, 0.4) is 0 Å². The molecule has 0 aliphatic rings. The molecule has 128 valence electrons. The highest BCUT2D eigenvalue weighted by molar-refractivity contribution is 6.06. The fourth-order valence-corrected chi connectivity index (χ4v) is 1.76. The monoisotopic (exact) mass is 343 g/mol. The number of hydrogen-bond donors (Lipinski definition) is 1. The van der Waals surface area contributed by atoms with Crippen LogP contribution in [-0.4, -0.2) is 29.1 Å². The van der Waals surface area contributed by atoms with Crippen molar-refractivity contribution < 1.29 is 32.0 Å². The molecule has 0 bridgehead atoms. The second-order valence-electron chi connectivity index (χ2n) is 4.57. The molecule has 2 aromatic rings. The third kappa shape index (κ3) is 3.70. The van der Waals surface area contributed by atoms with E-state index >= 15 is 0 Å². The average molecular weight is 343 g/mol. The lowest BCUT2D eigenvalue weighted by molar-refractivity contribution is -0.159. The molecule has 1 aromatic carbocycles. The van der Waals surface area contributed by atoms with E-state index in [1.165, 1.54) is 25.3 Å². The smallest absolute Gasteiger partial charge is 0.471 e. The molecule has 24 heavy (non-hydrogen) atoms. The zero-order chi connectivity index (χ0) is 17.9. The van der Waals surface area contributed by atoms with Crippen LogP contribution in [0.4, 0.5) is 13.2 Å². The zero-order valence-electron chi connectivity index (χ0n) is 12.6. The van der Waals surface area contributed by atoms with Crippen LogP contribution in [-0.2, 0) is 11.0 Å². The standard InChI is InChI=1S/C14H12F3N3O4/c1-3-10(21)18-12(22)8-5-4-7(6-9(8)23-2)11-19-13(24-20-11)14(15,16)17/h4-6H,3H2,1-2H3,(H,18,21,22). The van der Waals surface area contributed by atoms with Gasteiger partial charge in [0.25, 0.3) is 5.91 Å². The summed E-state index contributed by atoms with van der Waals surface area (Å²) in [5, 5.41) is 5.40. The first kappa shape index (κ1) is 17.4. The number of aromatic nitrogens is 2. The molecular formula is C14H12F3N3O4. The van der Waals surface area contributed by atoms with E-state index in [0.717, 1.165) is 0 Å². The van der Waals surface area contributed by atoms with Crippen LogP contribution in [0, 0.1) is 0 Å². The predicted molar refractivity (Wildman–Crippen MR) is 74.1 cm³/mol. The van der Waals surface area contributed by atoms with E-state index in [1.54, 1.807) is 6.92 Å². The van der Waals surface area contributed by atoms with E-state index < -0.39 is 23.9 Å². The van der Waals surface area contributed by atoms with E-state index in [-0.39, 0.29) is 29.1 Å². The maximum Gasteiger partial charge on any atom is 0.471 e. The van der Waals surface area contributed by atoms with Gasteiger partial charge in [-0.05, 0) is 18.2 Å². The van der Waals surface area contributed by atoms with Crippen LogP contribution < -0.4 is 10.1 Å². The molecule has 0 aliphatic heterocycles. The molecule has 2 amide bonds. The van der Waals surface area contributed by atoms with Crippen LogP contribution in [0.15, 0.2) is 22.7 Å². The normalized spacial score (nSPS) is 11.2. The van der Waals surface area contributed by atoms with Gasteiger partial charge in [-0.25, -0.2) is 0 Å². The molecule has 0 saturated carbocycles. The zero-order valence-corrected chi connectivity index (χ0v) is 12.6. The van der Waals surface area contributed by atoms with Crippen molar-refractivity contribution in [1.29, 1.82) is 0 Å². The Balaban J connectivity index is 2.33. The summed E-state index contributed by atoms with van der Waals surface area (Å²) in [6.45, 7) is 1.58. The van der Waals surface area contributed by atoms with Crippen molar-refractivity contribution in [3.8, 4) is 17.1 Å². The Morgan fingerprint density at radius 3 is 2.58 bits per heavy atom. The number of rotatable bonds is 4. The number of amides is 2. The van der Waals surface area contributed by atoms with Crippen LogP contribution in [0.2, 0.25) is 0 Å². The number of halogens is 3. The Labute approximate surface area is 133 Å². The summed E-state index contributed by atoms with van der Waals surface area (Å²) in [7, 11) is 1.27. The maximum atomic E-state index is 12.5. The number of alkyl halides is 3. The van der Waals surface area contributed by atoms with E-state index in [9.17, 15) is 22.8 Å². The van der Waals surface area contributed by atoms with Crippen LogP contribution >= 0.6 is 0 Å². The largest absolute Gasteiger partial charge is 0.496 e. The minimum atomic E-state index is -4.75. The number of carbonyl (C=O) groups excluding carboxylic acids is 2. The number of ether oxygens (including phenoxy) is 1. The first-order valence-corrected chi connectivity index (χ1v) is 6.69. The molecule has 0 unspecified atom stereocenters. The number of hydrogen-bond acceptors (Lipinski definition) is 6. The Morgan fingerprint density at radius 2 is 2.04 bits per heavy atom. The molecule has 1 heterocycles. The van der Waals surface area contributed by atoms with E-state index in [2.05, 4.69) is 20.0 Å². The first-order valence-electron chi connectivity index (χ1n) is 6.69. The number of methoxy groups -OCH3 is 1. The summed E-state index contributed by atoms with van der Waals surface area (Å²) in [5.74, 6) is -2.90. The highest BCUT2D eigenvalue weighted by atomic mass is 19.4. The molecular weight excluding hydrogens is 331 g/mol. The second kappa shape index (κ2) is 6.69. The fraction of sp³-hybridized carbons (Fsp3) is 0.286. The average Bonchev–Trinajstić information content (AvgIpc) is 3.04. The van der Waals surface area contributed by atoms with Gasteiger partial charge in [0.2, 0.25) is 11.7 Å². The van der Waals surface area contributed by atoms with Crippen molar-refractivity contribution in [3.05, 3.63) is 29.7 Å². The summed E-state index contributed by atoms with van der Waals surface area (Å²) in [4.78, 5) is 26.5. The fourth-order valence-electron chi connectivity index (χ4n) is 1.76. The van der Waals surface area contributed by atoms with Crippen molar-refractivity contribution in [2.24, 2.45) is 0 Å².